The van der Waals surface area contributed by atoms with Crippen LogP contribution in [0.4, 0.5) is 5.69 Å². The number of carbonyl (C=O) groups is 2. The molecule has 168 valence electrons. The zero-order valence-corrected chi connectivity index (χ0v) is 20.0. The Morgan fingerprint density at radius 2 is 1.94 bits per heavy atom. The Kier molecular flexibility index (Phi) is 7.93. The minimum Gasteiger partial charge on any atom is -0.342 e. The Morgan fingerprint density at radius 3 is 2.66 bits per heavy atom. The number of aromatic nitrogens is 3. The Morgan fingerprint density at radius 1 is 1.16 bits per heavy atom. The topological polar surface area (TPSA) is 88.9 Å². The smallest absolute Gasteiger partial charge is 0.251 e. The van der Waals surface area contributed by atoms with Crippen molar-refractivity contribution in [2.45, 2.75) is 45.4 Å². The predicted molar refractivity (Wildman–Crippen MR) is 128 cm³/mol. The fourth-order valence-corrected chi connectivity index (χ4v) is 4.18. The van der Waals surface area contributed by atoms with Gasteiger partial charge in [0.15, 0.2) is 11.0 Å². The van der Waals surface area contributed by atoms with Crippen LogP contribution in [-0.4, -0.2) is 32.3 Å². The van der Waals surface area contributed by atoms with Gasteiger partial charge in [-0.05, 0) is 57.5 Å². The summed E-state index contributed by atoms with van der Waals surface area (Å²) in [7, 11) is 0. The molecule has 7 nitrogen and oxygen atoms in total. The summed E-state index contributed by atoms with van der Waals surface area (Å²) < 4.78 is 1.91. The summed E-state index contributed by atoms with van der Waals surface area (Å²) in [4.78, 5) is 25.0. The molecule has 1 heterocycles. The summed E-state index contributed by atoms with van der Waals surface area (Å²) in [6, 6.07) is 12.4. The van der Waals surface area contributed by atoms with Crippen molar-refractivity contribution >= 4 is 40.9 Å². The van der Waals surface area contributed by atoms with Crippen LogP contribution in [0.5, 0.6) is 0 Å². The van der Waals surface area contributed by atoms with E-state index in [0.717, 1.165) is 11.1 Å². The Bertz CT molecular complexity index is 1130. The lowest BCUT2D eigenvalue weighted by Gasteiger charge is -2.15. The maximum atomic E-state index is 12.6. The monoisotopic (exact) mass is 471 g/mol. The van der Waals surface area contributed by atoms with E-state index in [1.807, 2.05) is 56.5 Å². The molecule has 1 atom stereocenters. The van der Waals surface area contributed by atoms with Crippen LogP contribution in [0.1, 0.15) is 47.2 Å². The third-order valence-electron chi connectivity index (χ3n) is 4.88. The molecule has 2 amide bonds. The van der Waals surface area contributed by atoms with Gasteiger partial charge in [0.25, 0.3) is 5.91 Å². The molecule has 0 bridgehead atoms. The Labute approximate surface area is 197 Å². The van der Waals surface area contributed by atoms with E-state index < -0.39 is 0 Å². The molecule has 9 heteroatoms. The molecule has 0 saturated carbocycles. The van der Waals surface area contributed by atoms with E-state index in [2.05, 4.69) is 20.8 Å². The summed E-state index contributed by atoms with van der Waals surface area (Å²) in [6.45, 7) is 8.31. The van der Waals surface area contributed by atoms with Crippen molar-refractivity contribution in [2.75, 3.05) is 11.1 Å². The Balaban J connectivity index is 1.64. The van der Waals surface area contributed by atoms with Gasteiger partial charge in [0.05, 0.1) is 11.8 Å². The number of benzene rings is 2. The standard InChI is InChI=1S/C23H26ClN5O2S/c1-5-29-21(16(4)25-22(31)17-8-6-7-14(2)11-17)27-28-23(29)32-13-20(30)26-19-12-18(24)10-9-15(19)3/h6-12,16H,5,13H2,1-4H3,(H,25,31)(H,26,30)/t16-/m0/s1. The quantitative estimate of drug-likeness (QED) is 0.461. The van der Waals surface area contributed by atoms with Crippen LogP contribution in [0.15, 0.2) is 47.6 Å². The van der Waals surface area contributed by atoms with Crippen LogP contribution in [0, 0.1) is 13.8 Å². The molecular weight excluding hydrogens is 446 g/mol. The normalized spacial score (nSPS) is 11.8. The number of aryl methyl sites for hydroxylation is 2. The summed E-state index contributed by atoms with van der Waals surface area (Å²) in [5, 5.41) is 15.5. The minimum atomic E-state index is -0.340. The molecule has 0 aliphatic rings. The number of hydrogen-bond acceptors (Lipinski definition) is 5. The molecule has 0 aliphatic heterocycles. The molecule has 2 N–H and O–H groups in total. The van der Waals surface area contributed by atoms with E-state index in [1.54, 1.807) is 18.2 Å². The average molecular weight is 472 g/mol. The molecule has 0 aliphatic carbocycles. The summed E-state index contributed by atoms with van der Waals surface area (Å²) in [6.07, 6.45) is 0. The van der Waals surface area contributed by atoms with Crippen molar-refractivity contribution in [3.8, 4) is 0 Å². The number of rotatable bonds is 8. The van der Waals surface area contributed by atoms with Gasteiger partial charge in [-0.25, -0.2) is 0 Å². The highest BCUT2D eigenvalue weighted by molar-refractivity contribution is 7.99. The maximum absolute atomic E-state index is 12.6. The largest absolute Gasteiger partial charge is 0.342 e. The predicted octanol–water partition coefficient (Wildman–Crippen LogP) is 4.79. The number of anilines is 1. The highest BCUT2D eigenvalue weighted by atomic mass is 35.5. The third kappa shape index (κ3) is 5.89. The zero-order valence-electron chi connectivity index (χ0n) is 18.5. The molecule has 0 radical (unpaired) electrons. The van der Waals surface area contributed by atoms with Gasteiger partial charge in [0.1, 0.15) is 0 Å². The first-order chi connectivity index (χ1) is 15.3. The SMILES string of the molecule is CCn1c(SCC(=O)Nc2cc(Cl)ccc2C)nnc1[C@H](C)NC(=O)c1cccc(C)c1. The first kappa shape index (κ1) is 23.8. The highest BCUT2D eigenvalue weighted by Crippen LogP contribution is 2.23. The van der Waals surface area contributed by atoms with E-state index in [-0.39, 0.29) is 23.6 Å². The lowest BCUT2D eigenvalue weighted by molar-refractivity contribution is -0.113. The van der Waals surface area contributed by atoms with E-state index in [4.69, 9.17) is 11.6 Å². The second-order valence-electron chi connectivity index (χ2n) is 7.45. The van der Waals surface area contributed by atoms with Gasteiger partial charge in [-0.2, -0.15) is 0 Å². The molecular formula is C23H26ClN5O2S. The molecule has 0 unspecified atom stereocenters. The van der Waals surface area contributed by atoms with Gasteiger partial charge >= 0.3 is 0 Å². The Hall–Kier alpha value is -2.84. The highest BCUT2D eigenvalue weighted by Gasteiger charge is 2.20. The molecule has 0 saturated heterocycles. The third-order valence-corrected chi connectivity index (χ3v) is 6.08. The zero-order chi connectivity index (χ0) is 23.3. The van der Waals surface area contributed by atoms with Gasteiger partial charge in [-0.1, -0.05) is 47.1 Å². The molecule has 1 aromatic heterocycles. The average Bonchev–Trinajstić information content (AvgIpc) is 3.18. The lowest BCUT2D eigenvalue weighted by atomic mass is 10.1. The number of nitrogens with zero attached hydrogens (tertiary/aromatic N) is 3. The van der Waals surface area contributed by atoms with E-state index in [9.17, 15) is 9.59 Å². The van der Waals surface area contributed by atoms with Crippen molar-refractivity contribution in [1.29, 1.82) is 0 Å². The van der Waals surface area contributed by atoms with E-state index in [1.165, 1.54) is 11.8 Å². The second-order valence-corrected chi connectivity index (χ2v) is 8.82. The number of thioether (sulfide) groups is 1. The van der Waals surface area contributed by atoms with Crippen molar-refractivity contribution < 1.29 is 9.59 Å². The molecule has 3 rings (SSSR count). The van der Waals surface area contributed by atoms with Gasteiger partial charge in [0, 0.05) is 22.8 Å². The van der Waals surface area contributed by atoms with E-state index >= 15 is 0 Å². The van der Waals surface area contributed by atoms with Crippen LogP contribution >= 0.6 is 23.4 Å². The van der Waals surface area contributed by atoms with Crippen LogP contribution in [-0.2, 0) is 11.3 Å². The van der Waals surface area contributed by atoms with Crippen LogP contribution in [0.25, 0.3) is 0 Å². The summed E-state index contributed by atoms with van der Waals surface area (Å²) in [5.41, 5.74) is 3.24. The van der Waals surface area contributed by atoms with Gasteiger partial charge in [0.2, 0.25) is 5.91 Å². The van der Waals surface area contributed by atoms with Gasteiger partial charge < -0.3 is 15.2 Å². The fraction of sp³-hybridized carbons (Fsp3) is 0.304. The summed E-state index contributed by atoms with van der Waals surface area (Å²) in [5.74, 6) is 0.487. The second kappa shape index (κ2) is 10.7. The molecule has 2 aromatic carbocycles. The maximum Gasteiger partial charge on any atom is 0.251 e. The number of hydrogen-bond donors (Lipinski definition) is 2. The number of nitrogens with one attached hydrogen (secondary N) is 2. The van der Waals surface area contributed by atoms with Gasteiger partial charge in [-0.15, -0.1) is 10.2 Å². The summed E-state index contributed by atoms with van der Waals surface area (Å²) >= 11 is 7.32. The molecule has 32 heavy (non-hydrogen) atoms. The van der Waals surface area contributed by atoms with Crippen LogP contribution < -0.4 is 10.6 Å². The van der Waals surface area contributed by atoms with Crippen molar-refractivity contribution in [3.05, 3.63) is 70.0 Å². The lowest BCUT2D eigenvalue weighted by Crippen LogP contribution is -2.28. The van der Waals surface area contributed by atoms with Gasteiger partial charge in [-0.3, -0.25) is 9.59 Å². The van der Waals surface area contributed by atoms with Crippen LogP contribution in [0.2, 0.25) is 5.02 Å². The number of carbonyl (C=O) groups excluding carboxylic acids is 2. The van der Waals surface area contributed by atoms with Crippen molar-refractivity contribution in [1.82, 2.24) is 20.1 Å². The molecule has 0 fully saturated rings. The van der Waals surface area contributed by atoms with Crippen LogP contribution in [0.3, 0.4) is 0 Å². The van der Waals surface area contributed by atoms with Crippen molar-refractivity contribution in [3.63, 3.8) is 0 Å². The fourth-order valence-electron chi connectivity index (χ4n) is 3.20. The first-order valence-corrected chi connectivity index (χ1v) is 11.6. The minimum absolute atomic E-state index is 0.159. The first-order valence-electron chi connectivity index (χ1n) is 10.3. The molecule has 3 aromatic rings. The van der Waals surface area contributed by atoms with Crippen molar-refractivity contribution in [2.24, 2.45) is 0 Å². The van der Waals surface area contributed by atoms with E-state index in [0.29, 0.717) is 33.8 Å². The number of amides is 2. The number of halogens is 1. The molecule has 0 spiro atoms.